The maximum atomic E-state index is 11.3. The van der Waals surface area contributed by atoms with Gasteiger partial charge in [-0.2, -0.15) is 0 Å². The minimum atomic E-state index is -0.250. The van der Waals surface area contributed by atoms with Crippen LogP contribution in [0.4, 0.5) is 0 Å². The fourth-order valence-corrected chi connectivity index (χ4v) is 1.69. The second kappa shape index (κ2) is 12.8. The number of esters is 1. The fourth-order valence-electron chi connectivity index (χ4n) is 1.69. The summed E-state index contributed by atoms with van der Waals surface area (Å²) in [5, 5.41) is 6.54. The molecule has 0 aliphatic carbocycles. The van der Waals surface area contributed by atoms with Crippen LogP contribution in [0.2, 0.25) is 0 Å². The Labute approximate surface area is 122 Å². The van der Waals surface area contributed by atoms with Crippen molar-refractivity contribution in [2.24, 2.45) is 5.92 Å². The van der Waals surface area contributed by atoms with Gasteiger partial charge in [0.25, 0.3) is 0 Å². The largest absolute Gasteiger partial charge is 0.435 e. The van der Waals surface area contributed by atoms with Crippen molar-refractivity contribution in [1.29, 1.82) is 0 Å². The SMILES string of the molecule is C=COC(=O)C(C)CNCCCCNCCCC(C)=O. The molecule has 116 valence electrons. The summed E-state index contributed by atoms with van der Waals surface area (Å²) in [7, 11) is 0. The average Bonchev–Trinajstić information content (AvgIpc) is 2.40. The van der Waals surface area contributed by atoms with Crippen LogP contribution < -0.4 is 10.6 Å². The molecule has 0 aromatic carbocycles. The molecule has 0 aliphatic rings. The van der Waals surface area contributed by atoms with Crippen LogP contribution >= 0.6 is 0 Å². The highest BCUT2D eigenvalue weighted by Gasteiger charge is 2.12. The normalized spacial score (nSPS) is 11.9. The molecule has 5 nitrogen and oxygen atoms in total. The van der Waals surface area contributed by atoms with Crippen LogP contribution in [-0.4, -0.2) is 37.9 Å². The Kier molecular flexibility index (Phi) is 12.0. The lowest BCUT2D eigenvalue weighted by molar-refractivity contribution is -0.141. The van der Waals surface area contributed by atoms with Crippen molar-refractivity contribution in [3.05, 3.63) is 12.8 Å². The van der Waals surface area contributed by atoms with Crippen LogP contribution in [0.25, 0.3) is 0 Å². The molecule has 2 N–H and O–H groups in total. The Hall–Kier alpha value is -1.20. The molecule has 0 aromatic heterocycles. The first-order valence-corrected chi connectivity index (χ1v) is 7.30. The van der Waals surface area contributed by atoms with Gasteiger partial charge in [-0.05, 0) is 45.8 Å². The summed E-state index contributed by atoms with van der Waals surface area (Å²) in [6, 6.07) is 0. The zero-order valence-electron chi connectivity index (χ0n) is 12.7. The van der Waals surface area contributed by atoms with Crippen molar-refractivity contribution < 1.29 is 14.3 Å². The third-order valence-electron chi connectivity index (χ3n) is 2.89. The molecule has 0 aromatic rings. The number of ether oxygens (including phenoxy) is 1. The summed E-state index contributed by atoms with van der Waals surface area (Å²) in [4.78, 5) is 22.0. The molecule has 0 spiro atoms. The van der Waals surface area contributed by atoms with Crippen LogP contribution in [0.1, 0.15) is 39.5 Å². The third-order valence-corrected chi connectivity index (χ3v) is 2.89. The van der Waals surface area contributed by atoms with Crippen LogP contribution in [0.5, 0.6) is 0 Å². The molecule has 0 saturated carbocycles. The molecule has 0 fully saturated rings. The van der Waals surface area contributed by atoms with Gasteiger partial charge >= 0.3 is 5.97 Å². The third kappa shape index (κ3) is 11.9. The van der Waals surface area contributed by atoms with E-state index in [-0.39, 0.29) is 17.7 Å². The van der Waals surface area contributed by atoms with Gasteiger partial charge in [0.15, 0.2) is 0 Å². The number of hydrogen-bond donors (Lipinski definition) is 2. The van der Waals surface area contributed by atoms with Crippen LogP contribution in [-0.2, 0) is 14.3 Å². The predicted octanol–water partition coefficient (Wildman–Crippen LogP) is 1.64. The zero-order chi connectivity index (χ0) is 15.2. The van der Waals surface area contributed by atoms with Crippen molar-refractivity contribution in [2.75, 3.05) is 26.2 Å². The van der Waals surface area contributed by atoms with Gasteiger partial charge in [0.2, 0.25) is 0 Å². The summed E-state index contributed by atoms with van der Waals surface area (Å²) >= 11 is 0. The van der Waals surface area contributed by atoms with E-state index in [0.29, 0.717) is 13.0 Å². The number of carbonyl (C=O) groups excluding carboxylic acids is 2. The van der Waals surface area contributed by atoms with E-state index in [9.17, 15) is 9.59 Å². The molecule has 1 unspecified atom stereocenters. The predicted molar refractivity (Wildman–Crippen MR) is 80.3 cm³/mol. The molecule has 0 heterocycles. The summed E-state index contributed by atoms with van der Waals surface area (Å²) in [5.74, 6) is -0.155. The second-order valence-corrected chi connectivity index (χ2v) is 4.97. The van der Waals surface area contributed by atoms with Gasteiger partial charge in [0, 0.05) is 13.0 Å². The first kappa shape index (κ1) is 18.8. The highest BCUT2D eigenvalue weighted by molar-refractivity contribution is 5.75. The summed E-state index contributed by atoms with van der Waals surface area (Å²) in [6.07, 6.45) is 4.88. The Balaban J connectivity index is 3.26. The number of rotatable bonds is 13. The van der Waals surface area contributed by atoms with Crippen molar-refractivity contribution in [3.8, 4) is 0 Å². The number of hydrogen-bond acceptors (Lipinski definition) is 5. The Morgan fingerprint density at radius 3 is 2.35 bits per heavy atom. The Morgan fingerprint density at radius 2 is 1.75 bits per heavy atom. The summed E-state index contributed by atoms with van der Waals surface area (Å²) in [5.41, 5.74) is 0. The monoisotopic (exact) mass is 284 g/mol. The number of Topliss-reactive ketones (excluding diaryl/α,β-unsaturated/α-hetero) is 1. The fraction of sp³-hybridized carbons (Fsp3) is 0.733. The first-order valence-electron chi connectivity index (χ1n) is 7.30. The molecular formula is C15H28N2O3. The van der Waals surface area contributed by atoms with Gasteiger partial charge in [-0.15, -0.1) is 0 Å². The maximum absolute atomic E-state index is 11.3. The standard InChI is InChI=1S/C15H28N2O3/c1-4-20-15(19)13(2)12-17-10-6-5-9-16-11-7-8-14(3)18/h4,13,16-17H,1,5-12H2,2-3H3. The molecule has 20 heavy (non-hydrogen) atoms. The van der Waals surface area contributed by atoms with Crippen molar-refractivity contribution >= 4 is 11.8 Å². The highest BCUT2D eigenvalue weighted by atomic mass is 16.5. The lowest BCUT2D eigenvalue weighted by Crippen LogP contribution is -2.28. The number of carbonyl (C=O) groups is 2. The van der Waals surface area contributed by atoms with Gasteiger partial charge in [0.05, 0.1) is 12.2 Å². The van der Waals surface area contributed by atoms with Crippen LogP contribution in [0, 0.1) is 5.92 Å². The summed E-state index contributed by atoms with van der Waals surface area (Å²) < 4.78 is 4.70. The van der Waals surface area contributed by atoms with E-state index in [1.54, 1.807) is 6.92 Å². The number of ketones is 1. The van der Waals surface area contributed by atoms with E-state index < -0.39 is 0 Å². The topological polar surface area (TPSA) is 67.4 Å². The van der Waals surface area contributed by atoms with E-state index >= 15 is 0 Å². The molecular weight excluding hydrogens is 256 g/mol. The van der Waals surface area contributed by atoms with Crippen molar-refractivity contribution in [1.82, 2.24) is 10.6 Å². The van der Waals surface area contributed by atoms with Crippen LogP contribution in [0.15, 0.2) is 12.8 Å². The number of nitrogens with one attached hydrogen (secondary N) is 2. The molecule has 5 heteroatoms. The minimum Gasteiger partial charge on any atom is -0.435 e. The minimum absolute atomic E-state index is 0.155. The van der Waals surface area contributed by atoms with E-state index in [4.69, 9.17) is 4.74 Å². The smallest absolute Gasteiger partial charge is 0.314 e. The van der Waals surface area contributed by atoms with E-state index in [2.05, 4.69) is 17.2 Å². The van der Waals surface area contributed by atoms with Gasteiger partial charge in [0.1, 0.15) is 5.78 Å². The van der Waals surface area contributed by atoms with Crippen LogP contribution in [0.3, 0.4) is 0 Å². The quantitative estimate of drug-likeness (QED) is 0.306. The number of unbranched alkanes of at least 4 members (excludes halogenated alkanes) is 1. The maximum Gasteiger partial charge on any atom is 0.314 e. The first-order chi connectivity index (χ1) is 9.57. The molecule has 0 amide bonds. The molecule has 1 atom stereocenters. The molecule has 0 saturated heterocycles. The lowest BCUT2D eigenvalue weighted by Gasteiger charge is -2.10. The van der Waals surface area contributed by atoms with Gasteiger partial charge in [-0.3, -0.25) is 4.79 Å². The van der Waals surface area contributed by atoms with Gasteiger partial charge in [-0.1, -0.05) is 13.5 Å². The summed E-state index contributed by atoms with van der Waals surface area (Å²) in [6.45, 7) is 10.2. The second-order valence-electron chi connectivity index (χ2n) is 4.97. The molecule has 0 bridgehead atoms. The molecule has 0 aliphatic heterocycles. The van der Waals surface area contributed by atoms with E-state index in [1.807, 2.05) is 6.92 Å². The van der Waals surface area contributed by atoms with E-state index in [0.717, 1.165) is 45.2 Å². The Morgan fingerprint density at radius 1 is 1.15 bits per heavy atom. The van der Waals surface area contributed by atoms with Gasteiger partial charge < -0.3 is 20.2 Å². The highest BCUT2D eigenvalue weighted by Crippen LogP contribution is 1.97. The Bertz CT molecular complexity index is 293. The van der Waals surface area contributed by atoms with E-state index in [1.165, 1.54) is 0 Å². The average molecular weight is 284 g/mol. The zero-order valence-corrected chi connectivity index (χ0v) is 12.7. The van der Waals surface area contributed by atoms with Crippen molar-refractivity contribution in [2.45, 2.75) is 39.5 Å². The molecule has 0 radical (unpaired) electrons. The van der Waals surface area contributed by atoms with Gasteiger partial charge in [-0.25, -0.2) is 0 Å². The lowest BCUT2D eigenvalue weighted by atomic mass is 10.2. The van der Waals surface area contributed by atoms with Crippen molar-refractivity contribution in [3.63, 3.8) is 0 Å². The molecule has 0 rings (SSSR count).